The van der Waals surface area contributed by atoms with Crippen molar-refractivity contribution < 1.29 is 9.53 Å². The van der Waals surface area contributed by atoms with E-state index in [9.17, 15) is 4.79 Å². The van der Waals surface area contributed by atoms with Crippen molar-refractivity contribution >= 4 is 17.9 Å². The Bertz CT molecular complexity index is 624. The van der Waals surface area contributed by atoms with Crippen LogP contribution in [0.2, 0.25) is 0 Å². The van der Waals surface area contributed by atoms with Crippen molar-refractivity contribution in [1.82, 2.24) is 0 Å². The normalized spacial score (nSPS) is 30.6. The van der Waals surface area contributed by atoms with Gasteiger partial charge in [0.1, 0.15) is 0 Å². The molecule has 0 N–H and O–H groups in total. The summed E-state index contributed by atoms with van der Waals surface area (Å²) in [5, 5.41) is 0. The molecule has 2 nitrogen and oxygen atoms in total. The third-order valence-electron chi connectivity index (χ3n) is 4.19. The fourth-order valence-electron chi connectivity index (χ4n) is 2.97. The van der Waals surface area contributed by atoms with Crippen molar-refractivity contribution in [3.63, 3.8) is 0 Å². The van der Waals surface area contributed by atoms with Crippen molar-refractivity contribution in [3.05, 3.63) is 59.7 Å². The summed E-state index contributed by atoms with van der Waals surface area (Å²) in [6.45, 7) is 6.44. The van der Waals surface area contributed by atoms with Crippen LogP contribution in [0.3, 0.4) is 0 Å². The molecular formula is C18H18O2. The zero-order valence-electron chi connectivity index (χ0n) is 11.6. The lowest BCUT2D eigenvalue weighted by molar-refractivity contribution is -0.117. The Morgan fingerprint density at radius 1 is 1.40 bits per heavy atom. The summed E-state index contributed by atoms with van der Waals surface area (Å²) in [4.78, 5) is 11.7. The Kier molecular flexibility index (Phi) is 3.19. The first kappa shape index (κ1) is 13.1. The van der Waals surface area contributed by atoms with Crippen LogP contribution >= 0.6 is 0 Å². The average molecular weight is 266 g/mol. The minimum atomic E-state index is -0.324. The maximum atomic E-state index is 11.7. The van der Waals surface area contributed by atoms with E-state index in [4.69, 9.17) is 4.74 Å². The van der Waals surface area contributed by atoms with Gasteiger partial charge in [0, 0.05) is 12.3 Å². The molecule has 1 saturated heterocycles. The van der Waals surface area contributed by atoms with Gasteiger partial charge in [-0.25, -0.2) is 0 Å². The molecular weight excluding hydrogens is 248 g/mol. The second-order valence-corrected chi connectivity index (χ2v) is 5.62. The van der Waals surface area contributed by atoms with Crippen LogP contribution in [0.5, 0.6) is 0 Å². The van der Waals surface area contributed by atoms with Crippen molar-refractivity contribution in [2.75, 3.05) is 6.61 Å². The molecule has 0 spiro atoms. The van der Waals surface area contributed by atoms with Crippen LogP contribution in [0, 0.1) is 5.92 Å². The summed E-state index contributed by atoms with van der Waals surface area (Å²) in [5.74, 6) is 0.344. The predicted molar refractivity (Wildman–Crippen MR) is 81.1 cm³/mol. The Labute approximate surface area is 119 Å². The Balaban J connectivity index is 1.94. The van der Waals surface area contributed by atoms with E-state index in [1.165, 1.54) is 5.57 Å². The molecule has 2 aliphatic rings. The maximum absolute atomic E-state index is 11.7. The van der Waals surface area contributed by atoms with Crippen LogP contribution in [0.4, 0.5) is 0 Å². The summed E-state index contributed by atoms with van der Waals surface area (Å²) in [7, 11) is 0. The Morgan fingerprint density at radius 2 is 2.20 bits per heavy atom. The van der Waals surface area contributed by atoms with Crippen LogP contribution in [0.1, 0.15) is 24.5 Å². The van der Waals surface area contributed by atoms with E-state index >= 15 is 0 Å². The molecule has 20 heavy (non-hydrogen) atoms. The van der Waals surface area contributed by atoms with Gasteiger partial charge in [0.05, 0.1) is 12.2 Å². The number of carbonyl (C=O) groups is 1. The number of allylic oxidation sites excluding steroid dienone is 1. The lowest BCUT2D eigenvalue weighted by Gasteiger charge is -2.29. The number of fused-ring (bicyclic) bond motifs is 1. The molecule has 1 aromatic carbocycles. The van der Waals surface area contributed by atoms with E-state index < -0.39 is 0 Å². The highest BCUT2D eigenvalue weighted by Crippen LogP contribution is 2.42. The monoisotopic (exact) mass is 266 g/mol. The zero-order valence-corrected chi connectivity index (χ0v) is 11.6. The fourth-order valence-corrected chi connectivity index (χ4v) is 2.97. The first-order chi connectivity index (χ1) is 9.60. The number of carbonyl (C=O) groups excluding carboxylic acids is 1. The van der Waals surface area contributed by atoms with Crippen LogP contribution in [0.25, 0.3) is 12.2 Å². The molecule has 0 saturated carbocycles. The first-order valence-corrected chi connectivity index (χ1v) is 6.90. The highest BCUT2D eigenvalue weighted by Gasteiger charge is 2.44. The summed E-state index contributed by atoms with van der Waals surface area (Å²) in [6, 6.07) is 8.20. The third-order valence-corrected chi connectivity index (χ3v) is 4.19. The van der Waals surface area contributed by atoms with E-state index in [0.29, 0.717) is 13.0 Å². The van der Waals surface area contributed by atoms with Crippen LogP contribution < -0.4 is 0 Å². The molecule has 2 atom stereocenters. The highest BCUT2D eigenvalue weighted by atomic mass is 16.5. The van der Waals surface area contributed by atoms with Gasteiger partial charge in [-0.2, -0.15) is 0 Å². The Morgan fingerprint density at radius 3 is 3.00 bits per heavy atom. The lowest BCUT2D eigenvalue weighted by Crippen LogP contribution is -2.34. The van der Waals surface area contributed by atoms with E-state index in [0.717, 1.165) is 11.1 Å². The van der Waals surface area contributed by atoms with Crippen molar-refractivity contribution in [3.8, 4) is 0 Å². The molecule has 3 rings (SSSR count). The van der Waals surface area contributed by atoms with Crippen molar-refractivity contribution in [2.45, 2.75) is 18.9 Å². The van der Waals surface area contributed by atoms with Gasteiger partial charge in [0.25, 0.3) is 0 Å². The summed E-state index contributed by atoms with van der Waals surface area (Å²) < 4.78 is 5.91. The number of hydrogen-bond donors (Lipinski definition) is 0. The van der Waals surface area contributed by atoms with E-state index in [2.05, 4.69) is 31.7 Å². The van der Waals surface area contributed by atoms with E-state index in [1.54, 1.807) is 6.08 Å². The predicted octanol–water partition coefficient (Wildman–Crippen LogP) is 3.65. The minimum Gasteiger partial charge on any atom is -0.366 e. The first-order valence-electron chi connectivity index (χ1n) is 6.90. The van der Waals surface area contributed by atoms with Crippen molar-refractivity contribution in [1.29, 1.82) is 0 Å². The second kappa shape index (κ2) is 4.88. The van der Waals surface area contributed by atoms with E-state index in [1.807, 2.05) is 24.3 Å². The molecule has 2 heteroatoms. The number of ketones is 1. The van der Waals surface area contributed by atoms with Crippen LogP contribution in [0.15, 0.2) is 48.6 Å². The maximum Gasteiger partial charge on any atom is 0.156 e. The van der Waals surface area contributed by atoms with E-state index in [-0.39, 0.29) is 17.3 Å². The largest absolute Gasteiger partial charge is 0.366 e. The van der Waals surface area contributed by atoms with Gasteiger partial charge in [0.2, 0.25) is 0 Å². The SMILES string of the molecule is C=Cc1cccc(/C=C2/CO[C@]3(C)C=CC(=O)C[C@H]23)c1. The van der Waals surface area contributed by atoms with Gasteiger partial charge < -0.3 is 4.74 Å². The summed E-state index contributed by atoms with van der Waals surface area (Å²) in [6.07, 6.45) is 8.09. The molecule has 0 aromatic heterocycles. The molecule has 1 aromatic rings. The molecule has 0 bridgehead atoms. The van der Waals surface area contributed by atoms with Crippen molar-refractivity contribution in [2.24, 2.45) is 5.92 Å². The summed E-state index contributed by atoms with van der Waals surface area (Å²) >= 11 is 0. The fraction of sp³-hybridized carbons (Fsp3) is 0.278. The zero-order chi connectivity index (χ0) is 14.2. The molecule has 1 aliphatic carbocycles. The molecule has 1 aliphatic heterocycles. The molecule has 0 unspecified atom stereocenters. The van der Waals surface area contributed by atoms with Crippen LogP contribution in [-0.4, -0.2) is 18.0 Å². The number of ether oxygens (including phenoxy) is 1. The van der Waals surface area contributed by atoms with Crippen LogP contribution in [-0.2, 0) is 9.53 Å². The highest BCUT2D eigenvalue weighted by molar-refractivity contribution is 5.91. The van der Waals surface area contributed by atoms with Gasteiger partial charge in [0.15, 0.2) is 5.78 Å². The molecule has 0 radical (unpaired) electrons. The smallest absolute Gasteiger partial charge is 0.156 e. The molecule has 0 amide bonds. The number of hydrogen-bond acceptors (Lipinski definition) is 2. The molecule has 1 fully saturated rings. The van der Waals surface area contributed by atoms with Gasteiger partial charge in [-0.15, -0.1) is 0 Å². The molecule has 102 valence electrons. The minimum absolute atomic E-state index is 0.160. The van der Waals surface area contributed by atoms with Gasteiger partial charge in [-0.3, -0.25) is 4.79 Å². The lowest BCUT2D eigenvalue weighted by atomic mass is 9.78. The van der Waals surface area contributed by atoms with Gasteiger partial charge in [-0.1, -0.05) is 36.9 Å². The standard InChI is InChI=1S/C18H18O2/c1-3-13-5-4-6-14(9-13)10-15-12-20-18(2)8-7-16(19)11-17(15)18/h3-10,17H,1,11-12H2,2H3/b15-10-/t17-,18-/m1/s1. The average Bonchev–Trinajstić information content (AvgIpc) is 2.77. The van der Waals surface area contributed by atoms with Gasteiger partial charge >= 0.3 is 0 Å². The number of benzene rings is 1. The number of rotatable bonds is 2. The summed E-state index contributed by atoms with van der Waals surface area (Å²) in [5.41, 5.74) is 3.11. The van der Waals surface area contributed by atoms with Gasteiger partial charge in [-0.05, 0) is 41.8 Å². The Hall–Kier alpha value is -1.93. The third kappa shape index (κ3) is 2.27. The quantitative estimate of drug-likeness (QED) is 0.816. The topological polar surface area (TPSA) is 26.3 Å². The second-order valence-electron chi connectivity index (χ2n) is 5.62. The molecule has 1 heterocycles.